The van der Waals surface area contributed by atoms with Crippen LogP contribution in [0.3, 0.4) is 0 Å². The maximum Gasteiger partial charge on any atom is 0.326 e. The molecule has 0 aliphatic rings. The fourth-order valence-electron chi connectivity index (χ4n) is 0.996. The SMILES string of the molecule is Cc1nc(CSCCNC(=O)N(C)S)cs1. The van der Waals surface area contributed by atoms with Gasteiger partial charge < -0.3 is 5.32 Å². The van der Waals surface area contributed by atoms with Crippen LogP contribution < -0.4 is 5.32 Å². The van der Waals surface area contributed by atoms with E-state index in [4.69, 9.17) is 0 Å². The van der Waals surface area contributed by atoms with Crippen molar-refractivity contribution < 1.29 is 4.79 Å². The average Bonchev–Trinajstić information content (AvgIpc) is 2.63. The summed E-state index contributed by atoms with van der Waals surface area (Å²) in [5.74, 6) is 1.78. The highest BCUT2D eigenvalue weighted by molar-refractivity contribution is 7.98. The van der Waals surface area contributed by atoms with Crippen molar-refractivity contribution in [2.75, 3.05) is 19.3 Å². The van der Waals surface area contributed by atoms with Crippen LogP contribution in [0.5, 0.6) is 0 Å². The third-order valence-electron chi connectivity index (χ3n) is 1.73. The lowest BCUT2D eigenvalue weighted by Crippen LogP contribution is -2.32. The molecule has 0 aliphatic carbocycles. The van der Waals surface area contributed by atoms with Crippen LogP contribution in [0.4, 0.5) is 4.79 Å². The number of carbonyl (C=O) groups is 1. The fraction of sp³-hybridized carbons (Fsp3) is 0.556. The van der Waals surface area contributed by atoms with Crippen LogP contribution in [-0.2, 0) is 5.75 Å². The van der Waals surface area contributed by atoms with Gasteiger partial charge in [0, 0.05) is 30.5 Å². The Morgan fingerprint density at radius 3 is 3.06 bits per heavy atom. The quantitative estimate of drug-likeness (QED) is 0.640. The first kappa shape index (κ1) is 13.7. The molecule has 0 fully saturated rings. The van der Waals surface area contributed by atoms with Crippen molar-refractivity contribution in [1.29, 1.82) is 0 Å². The molecule has 2 amide bonds. The summed E-state index contributed by atoms with van der Waals surface area (Å²) in [6.45, 7) is 2.65. The van der Waals surface area contributed by atoms with Crippen molar-refractivity contribution in [3.63, 3.8) is 0 Å². The Labute approximate surface area is 109 Å². The summed E-state index contributed by atoms with van der Waals surface area (Å²) < 4.78 is 1.23. The molecule has 0 saturated carbocycles. The second-order valence-corrected chi connectivity index (χ2v) is 5.93. The number of hydrogen-bond donors (Lipinski definition) is 2. The molecule has 0 saturated heterocycles. The Bertz CT molecular complexity index is 340. The van der Waals surface area contributed by atoms with Gasteiger partial charge in [-0.2, -0.15) is 11.8 Å². The van der Waals surface area contributed by atoms with E-state index in [0.717, 1.165) is 22.2 Å². The lowest BCUT2D eigenvalue weighted by Gasteiger charge is -2.09. The summed E-state index contributed by atoms with van der Waals surface area (Å²) >= 11 is 7.31. The van der Waals surface area contributed by atoms with E-state index in [0.29, 0.717) is 6.54 Å². The normalized spacial score (nSPS) is 10.2. The largest absolute Gasteiger partial charge is 0.336 e. The minimum Gasteiger partial charge on any atom is -0.336 e. The molecule has 0 aromatic carbocycles. The van der Waals surface area contributed by atoms with Crippen molar-refractivity contribution in [1.82, 2.24) is 14.6 Å². The second-order valence-electron chi connectivity index (χ2n) is 3.17. The van der Waals surface area contributed by atoms with Gasteiger partial charge in [0.1, 0.15) is 0 Å². The first-order chi connectivity index (χ1) is 7.59. The molecule has 16 heavy (non-hydrogen) atoms. The van der Waals surface area contributed by atoms with Crippen LogP contribution in [0.2, 0.25) is 0 Å². The van der Waals surface area contributed by atoms with Gasteiger partial charge in [0.15, 0.2) is 0 Å². The maximum absolute atomic E-state index is 11.1. The number of nitrogens with one attached hydrogen (secondary N) is 1. The Morgan fingerprint density at radius 1 is 1.75 bits per heavy atom. The number of thiazole rings is 1. The number of hydrogen-bond acceptors (Lipinski definition) is 5. The molecule has 90 valence electrons. The lowest BCUT2D eigenvalue weighted by atomic mass is 10.6. The number of carbonyl (C=O) groups excluding carboxylic acids is 1. The van der Waals surface area contributed by atoms with E-state index < -0.39 is 0 Å². The predicted molar refractivity (Wildman–Crippen MR) is 73.2 cm³/mol. The van der Waals surface area contributed by atoms with E-state index in [2.05, 4.69) is 28.5 Å². The number of nitrogens with zero attached hydrogens (tertiary/aromatic N) is 2. The third kappa shape index (κ3) is 5.09. The van der Waals surface area contributed by atoms with E-state index >= 15 is 0 Å². The van der Waals surface area contributed by atoms with Crippen molar-refractivity contribution in [3.8, 4) is 0 Å². The van der Waals surface area contributed by atoms with Gasteiger partial charge in [-0.3, -0.25) is 4.31 Å². The Balaban J connectivity index is 2.06. The molecule has 4 nitrogen and oxygen atoms in total. The molecule has 0 atom stereocenters. The van der Waals surface area contributed by atoms with Crippen molar-refractivity contribution in [2.45, 2.75) is 12.7 Å². The summed E-state index contributed by atoms with van der Waals surface area (Å²) in [4.78, 5) is 15.5. The average molecular weight is 277 g/mol. The number of urea groups is 1. The molecule has 1 aromatic rings. The van der Waals surface area contributed by atoms with E-state index in [1.165, 1.54) is 4.31 Å². The summed E-state index contributed by atoms with van der Waals surface area (Å²) in [5, 5.41) is 5.92. The number of aromatic nitrogens is 1. The molecular formula is C9H15N3OS3. The number of aryl methyl sites for hydroxylation is 1. The number of thioether (sulfide) groups is 1. The number of amides is 2. The van der Waals surface area contributed by atoms with Gasteiger partial charge in [0.05, 0.1) is 10.7 Å². The van der Waals surface area contributed by atoms with Crippen LogP contribution in [0.15, 0.2) is 5.38 Å². The number of thiol groups is 1. The molecular weight excluding hydrogens is 262 g/mol. The first-order valence-corrected chi connectivity index (χ1v) is 7.22. The van der Waals surface area contributed by atoms with Crippen LogP contribution in [0.1, 0.15) is 10.7 Å². The Hall–Kier alpha value is -0.400. The summed E-state index contributed by atoms with van der Waals surface area (Å²) in [5.41, 5.74) is 1.12. The Morgan fingerprint density at radius 2 is 2.50 bits per heavy atom. The highest BCUT2D eigenvalue weighted by Gasteiger charge is 2.02. The summed E-state index contributed by atoms with van der Waals surface area (Å²) in [7, 11) is 1.60. The molecule has 1 aromatic heterocycles. The molecule has 1 heterocycles. The van der Waals surface area contributed by atoms with Gasteiger partial charge in [-0.05, 0) is 6.92 Å². The van der Waals surface area contributed by atoms with Crippen LogP contribution in [0.25, 0.3) is 0 Å². The molecule has 0 spiro atoms. The van der Waals surface area contributed by atoms with Gasteiger partial charge in [-0.25, -0.2) is 9.78 Å². The van der Waals surface area contributed by atoms with E-state index in [9.17, 15) is 4.79 Å². The smallest absolute Gasteiger partial charge is 0.326 e. The lowest BCUT2D eigenvalue weighted by molar-refractivity contribution is 0.231. The summed E-state index contributed by atoms with van der Waals surface area (Å²) in [6, 6.07) is -0.173. The van der Waals surface area contributed by atoms with Gasteiger partial charge in [-0.1, -0.05) is 12.8 Å². The van der Waals surface area contributed by atoms with E-state index in [1.54, 1.807) is 30.1 Å². The standard InChI is InChI=1S/C9H15N3OS3/c1-7-11-8(6-16-7)5-15-4-3-10-9(13)12(2)14/h6,14H,3-5H2,1-2H3,(H,10,13). The monoisotopic (exact) mass is 277 g/mol. The van der Waals surface area contributed by atoms with Crippen LogP contribution in [-0.4, -0.2) is 34.7 Å². The van der Waals surface area contributed by atoms with Crippen LogP contribution >= 0.6 is 35.9 Å². The van der Waals surface area contributed by atoms with Gasteiger partial charge in [0.2, 0.25) is 0 Å². The van der Waals surface area contributed by atoms with Gasteiger partial charge >= 0.3 is 6.03 Å². The molecule has 1 rings (SSSR count). The van der Waals surface area contributed by atoms with Gasteiger partial charge in [-0.15, -0.1) is 11.3 Å². The zero-order valence-electron chi connectivity index (χ0n) is 9.27. The summed E-state index contributed by atoms with van der Waals surface area (Å²) in [6.07, 6.45) is 0. The van der Waals surface area contributed by atoms with E-state index in [-0.39, 0.29) is 6.03 Å². The molecule has 0 aliphatic heterocycles. The zero-order chi connectivity index (χ0) is 12.0. The maximum atomic E-state index is 11.1. The third-order valence-corrected chi connectivity index (χ3v) is 3.73. The fourth-order valence-corrected chi connectivity index (χ4v) is 2.53. The van der Waals surface area contributed by atoms with Crippen molar-refractivity contribution in [3.05, 3.63) is 16.1 Å². The zero-order valence-corrected chi connectivity index (χ0v) is 11.8. The van der Waals surface area contributed by atoms with Crippen molar-refractivity contribution >= 4 is 41.9 Å². The second kappa shape index (κ2) is 7.03. The van der Waals surface area contributed by atoms with Crippen molar-refractivity contribution in [2.24, 2.45) is 0 Å². The molecule has 0 unspecified atom stereocenters. The molecule has 1 N–H and O–H groups in total. The first-order valence-electron chi connectivity index (χ1n) is 4.79. The minimum absolute atomic E-state index is 0.173. The highest BCUT2D eigenvalue weighted by atomic mass is 32.2. The molecule has 0 bridgehead atoms. The molecule has 0 radical (unpaired) electrons. The topological polar surface area (TPSA) is 45.2 Å². The minimum atomic E-state index is -0.173. The molecule has 7 heteroatoms. The number of rotatable bonds is 5. The van der Waals surface area contributed by atoms with E-state index in [1.807, 2.05) is 6.92 Å². The predicted octanol–water partition coefficient (Wildman–Crippen LogP) is 2.17. The van der Waals surface area contributed by atoms with Gasteiger partial charge in [0.25, 0.3) is 0 Å². The van der Waals surface area contributed by atoms with Crippen LogP contribution in [0, 0.1) is 6.92 Å². The highest BCUT2D eigenvalue weighted by Crippen LogP contribution is 2.14. The Kier molecular flexibility index (Phi) is 6.00.